The quantitative estimate of drug-likeness (QED) is 0.327. The molecule has 1 atom stereocenters. The fraction of sp³-hybridized carbons (Fsp3) is 0.579. The van der Waals surface area contributed by atoms with Crippen molar-refractivity contribution in [1.29, 1.82) is 0 Å². The molecule has 0 fully saturated rings. The average Bonchev–Trinajstić information content (AvgIpc) is 2.54. The Morgan fingerprint density at radius 1 is 0.955 bits per heavy atom. The molecule has 0 saturated heterocycles. The standard InChI is InChI=1S/C19H32O2Si/c1-4-6-7-8-9-10-11-15-18-20-22(3,5-2)21-19-16-13-12-14-17-19/h5,12-14,16-17H,2,4,6-11,15,18H2,1,3H3. The molecule has 1 unspecified atom stereocenters. The molecule has 0 saturated carbocycles. The minimum atomic E-state index is -2.29. The minimum absolute atomic E-state index is 0.774. The monoisotopic (exact) mass is 320 g/mol. The first-order valence-electron chi connectivity index (χ1n) is 8.72. The highest BCUT2D eigenvalue weighted by molar-refractivity contribution is 6.71. The molecule has 0 heterocycles. The molecule has 0 aliphatic heterocycles. The van der Waals surface area contributed by atoms with Gasteiger partial charge in [-0.3, -0.25) is 0 Å². The number of hydrogen-bond donors (Lipinski definition) is 0. The summed E-state index contributed by atoms with van der Waals surface area (Å²) < 4.78 is 12.0. The molecule has 22 heavy (non-hydrogen) atoms. The van der Waals surface area contributed by atoms with Crippen molar-refractivity contribution in [2.45, 2.75) is 64.8 Å². The number of rotatable bonds is 13. The van der Waals surface area contributed by atoms with E-state index in [-0.39, 0.29) is 0 Å². The Morgan fingerprint density at radius 3 is 2.14 bits per heavy atom. The Kier molecular flexibility index (Phi) is 9.92. The summed E-state index contributed by atoms with van der Waals surface area (Å²) in [6, 6.07) is 9.88. The molecule has 0 aliphatic carbocycles. The van der Waals surface area contributed by atoms with Crippen LogP contribution in [0.2, 0.25) is 6.55 Å². The van der Waals surface area contributed by atoms with Crippen molar-refractivity contribution in [3.63, 3.8) is 0 Å². The van der Waals surface area contributed by atoms with Gasteiger partial charge in [-0.05, 0) is 30.8 Å². The summed E-state index contributed by atoms with van der Waals surface area (Å²) >= 11 is 0. The first-order valence-corrected chi connectivity index (χ1v) is 11.1. The summed E-state index contributed by atoms with van der Waals surface area (Å²) in [4.78, 5) is 0. The van der Waals surface area contributed by atoms with Gasteiger partial charge < -0.3 is 8.85 Å². The number of hydrogen-bond acceptors (Lipinski definition) is 2. The van der Waals surface area contributed by atoms with E-state index in [4.69, 9.17) is 8.85 Å². The number of para-hydroxylation sites is 1. The summed E-state index contributed by atoms with van der Waals surface area (Å²) in [5.41, 5.74) is 1.87. The lowest BCUT2D eigenvalue weighted by Crippen LogP contribution is -2.40. The van der Waals surface area contributed by atoms with Gasteiger partial charge in [0.25, 0.3) is 0 Å². The van der Waals surface area contributed by atoms with Crippen molar-refractivity contribution in [3.05, 3.63) is 42.6 Å². The van der Waals surface area contributed by atoms with Gasteiger partial charge in [0.2, 0.25) is 0 Å². The van der Waals surface area contributed by atoms with Crippen LogP contribution in [0.15, 0.2) is 42.6 Å². The fourth-order valence-electron chi connectivity index (χ4n) is 2.36. The van der Waals surface area contributed by atoms with Crippen LogP contribution in [0.4, 0.5) is 0 Å². The van der Waals surface area contributed by atoms with Gasteiger partial charge in [-0.2, -0.15) is 0 Å². The summed E-state index contributed by atoms with van der Waals surface area (Å²) in [5, 5.41) is 0. The molecule has 0 aliphatic rings. The van der Waals surface area contributed by atoms with Crippen LogP contribution in [0.3, 0.4) is 0 Å². The zero-order valence-corrected chi connectivity index (χ0v) is 15.4. The molecule has 3 heteroatoms. The number of benzene rings is 1. The zero-order valence-electron chi connectivity index (χ0n) is 14.4. The van der Waals surface area contributed by atoms with E-state index in [1.807, 2.05) is 36.0 Å². The van der Waals surface area contributed by atoms with Crippen molar-refractivity contribution in [3.8, 4) is 5.75 Å². The van der Waals surface area contributed by atoms with E-state index < -0.39 is 8.56 Å². The van der Waals surface area contributed by atoms with Crippen LogP contribution in [-0.2, 0) is 4.43 Å². The van der Waals surface area contributed by atoms with Crippen LogP contribution < -0.4 is 4.43 Å². The van der Waals surface area contributed by atoms with Gasteiger partial charge in [0.15, 0.2) is 0 Å². The predicted molar refractivity (Wildman–Crippen MR) is 97.4 cm³/mol. The molecule has 2 nitrogen and oxygen atoms in total. The van der Waals surface area contributed by atoms with E-state index in [1.165, 1.54) is 44.9 Å². The second kappa shape index (κ2) is 11.5. The molecular formula is C19H32O2Si. The Bertz CT molecular complexity index is 394. The molecule has 0 N–H and O–H groups in total. The molecule has 124 valence electrons. The Hall–Kier alpha value is -1.06. The average molecular weight is 321 g/mol. The molecule has 0 amide bonds. The van der Waals surface area contributed by atoms with E-state index >= 15 is 0 Å². The van der Waals surface area contributed by atoms with Crippen LogP contribution in [0, 0.1) is 0 Å². The SMILES string of the molecule is C=C[Si](C)(OCCCCCCCCCC)Oc1ccccc1. The zero-order chi connectivity index (χ0) is 16.1. The highest BCUT2D eigenvalue weighted by Crippen LogP contribution is 2.17. The largest absolute Gasteiger partial charge is 0.518 e. The molecular weight excluding hydrogens is 288 g/mol. The van der Waals surface area contributed by atoms with Gasteiger partial charge >= 0.3 is 8.56 Å². The molecule has 1 aromatic carbocycles. The lowest BCUT2D eigenvalue weighted by atomic mass is 10.1. The highest BCUT2D eigenvalue weighted by Gasteiger charge is 2.29. The molecule has 1 aromatic rings. The van der Waals surface area contributed by atoms with E-state index in [0.717, 1.165) is 18.8 Å². The van der Waals surface area contributed by atoms with E-state index in [9.17, 15) is 0 Å². The summed E-state index contributed by atoms with van der Waals surface area (Å²) in [6.07, 6.45) is 10.5. The second-order valence-electron chi connectivity index (χ2n) is 5.96. The van der Waals surface area contributed by atoms with Crippen LogP contribution in [0.1, 0.15) is 58.3 Å². The van der Waals surface area contributed by atoms with Crippen molar-refractivity contribution in [2.24, 2.45) is 0 Å². The highest BCUT2D eigenvalue weighted by atomic mass is 28.4. The minimum Gasteiger partial charge on any atom is -0.518 e. The van der Waals surface area contributed by atoms with E-state index in [0.29, 0.717) is 0 Å². The lowest BCUT2D eigenvalue weighted by molar-refractivity contribution is 0.245. The number of unbranched alkanes of at least 4 members (excludes halogenated alkanes) is 7. The van der Waals surface area contributed by atoms with Crippen molar-refractivity contribution >= 4 is 8.56 Å². The lowest BCUT2D eigenvalue weighted by Gasteiger charge is -2.24. The van der Waals surface area contributed by atoms with Gasteiger partial charge in [0, 0.05) is 6.61 Å². The van der Waals surface area contributed by atoms with Gasteiger partial charge in [0.05, 0.1) is 0 Å². The van der Waals surface area contributed by atoms with Gasteiger partial charge in [-0.25, -0.2) is 0 Å². The van der Waals surface area contributed by atoms with E-state index in [1.54, 1.807) is 0 Å². The second-order valence-corrected chi connectivity index (χ2v) is 8.89. The van der Waals surface area contributed by atoms with Crippen LogP contribution in [0.5, 0.6) is 5.75 Å². The summed E-state index contributed by atoms with van der Waals surface area (Å²) in [6.45, 7) is 8.98. The Morgan fingerprint density at radius 2 is 1.55 bits per heavy atom. The van der Waals surface area contributed by atoms with Crippen LogP contribution >= 0.6 is 0 Å². The third kappa shape index (κ3) is 8.40. The third-order valence-corrected chi connectivity index (χ3v) is 5.98. The van der Waals surface area contributed by atoms with Crippen LogP contribution in [-0.4, -0.2) is 15.2 Å². The van der Waals surface area contributed by atoms with E-state index in [2.05, 4.69) is 20.0 Å². The van der Waals surface area contributed by atoms with Crippen molar-refractivity contribution in [1.82, 2.24) is 0 Å². The first kappa shape index (κ1) is 19.0. The molecule has 0 radical (unpaired) electrons. The molecule has 1 rings (SSSR count). The molecule has 0 aromatic heterocycles. The maximum absolute atomic E-state index is 6.03. The Labute approximate surface area is 137 Å². The first-order chi connectivity index (χ1) is 10.7. The van der Waals surface area contributed by atoms with Crippen molar-refractivity contribution in [2.75, 3.05) is 6.61 Å². The van der Waals surface area contributed by atoms with Gasteiger partial charge in [0.1, 0.15) is 5.75 Å². The van der Waals surface area contributed by atoms with Crippen LogP contribution in [0.25, 0.3) is 0 Å². The van der Waals surface area contributed by atoms with Gasteiger partial charge in [-0.1, -0.05) is 70.1 Å². The summed E-state index contributed by atoms with van der Waals surface area (Å²) in [7, 11) is -2.29. The smallest absolute Gasteiger partial charge is 0.422 e. The topological polar surface area (TPSA) is 18.5 Å². The molecule has 0 spiro atoms. The Balaban J connectivity index is 2.14. The van der Waals surface area contributed by atoms with Crippen molar-refractivity contribution < 1.29 is 8.85 Å². The normalized spacial score (nSPS) is 13.5. The maximum atomic E-state index is 6.03. The fourth-order valence-corrected chi connectivity index (χ4v) is 3.78. The summed E-state index contributed by atoms with van der Waals surface area (Å²) in [5.74, 6) is 0.868. The maximum Gasteiger partial charge on any atom is 0.422 e. The molecule has 0 bridgehead atoms. The third-order valence-electron chi connectivity index (χ3n) is 3.82. The van der Waals surface area contributed by atoms with Gasteiger partial charge in [-0.15, -0.1) is 6.58 Å². The predicted octanol–water partition coefficient (Wildman–Crippen LogP) is 6.02.